The van der Waals surface area contributed by atoms with Gasteiger partial charge in [0.1, 0.15) is 5.82 Å². The molecule has 1 amide bonds. The minimum Gasteiger partial charge on any atom is -0.307 e. The van der Waals surface area contributed by atoms with Crippen LogP contribution >= 0.6 is 11.6 Å². The number of aromatic nitrogens is 3. The summed E-state index contributed by atoms with van der Waals surface area (Å²) < 4.78 is 1.79. The Balaban J connectivity index is 2.07. The van der Waals surface area contributed by atoms with Crippen LogP contribution in [0.2, 0.25) is 5.02 Å². The molecule has 0 unspecified atom stereocenters. The van der Waals surface area contributed by atoms with Crippen LogP contribution in [0.1, 0.15) is 17.0 Å². The van der Waals surface area contributed by atoms with E-state index in [2.05, 4.69) is 15.4 Å². The van der Waals surface area contributed by atoms with Crippen molar-refractivity contribution >= 4 is 29.4 Å². The van der Waals surface area contributed by atoms with Crippen LogP contribution in [-0.2, 0) is 11.8 Å². The highest BCUT2D eigenvalue weighted by Gasteiger charge is 2.06. The van der Waals surface area contributed by atoms with E-state index in [1.165, 1.54) is 12.3 Å². The number of carbonyl (C=O) groups excluding carboxylic acids is 1. The SMILES string of the molecule is Cc1nn(C)c(C)c1/C=C/C(=O)Nc1ccc(Cl)cn1. The lowest BCUT2D eigenvalue weighted by atomic mass is 10.2. The van der Waals surface area contributed by atoms with Crippen molar-refractivity contribution < 1.29 is 4.79 Å². The molecule has 104 valence electrons. The molecule has 0 aliphatic rings. The van der Waals surface area contributed by atoms with Gasteiger partial charge in [0.05, 0.1) is 10.7 Å². The van der Waals surface area contributed by atoms with E-state index in [0.717, 1.165) is 17.0 Å². The number of pyridine rings is 1. The number of aryl methyl sites for hydroxylation is 2. The number of rotatable bonds is 3. The second-order valence-corrected chi connectivity index (χ2v) is 4.83. The van der Waals surface area contributed by atoms with E-state index in [9.17, 15) is 4.79 Å². The molecule has 2 aromatic rings. The lowest BCUT2D eigenvalue weighted by Gasteiger charge is -2.00. The molecule has 0 spiro atoms. The number of hydrogen-bond donors (Lipinski definition) is 1. The normalized spacial score (nSPS) is 11.0. The van der Waals surface area contributed by atoms with Gasteiger partial charge in [-0.2, -0.15) is 5.10 Å². The highest BCUT2D eigenvalue weighted by molar-refractivity contribution is 6.30. The van der Waals surface area contributed by atoms with Gasteiger partial charge in [-0.25, -0.2) is 4.98 Å². The van der Waals surface area contributed by atoms with Crippen LogP contribution in [0.25, 0.3) is 6.08 Å². The lowest BCUT2D eigenvalue weighted by molar-refractivity contribution is -0.111. The van der Waals surface area contributed by atoms with Crippen LogP contribution in [0.4, 0.5) is 5.82 Å². The van der Waals surface area contributed by atoms with E-state index in [-0.39, 0.29) is 5.91 Å². The van der Waals surface area contributed by atoms with Gasteiger partial charge in [0.15, 0.2) is 0 Å². The molecular weight excluding hydrogens is 276 g/mol. The second-order valence-electron chi connectivity index (χ2n) is 4.39. The van der Waals surface area contributed by atoms with Crippen molar-refractivity contribution in [2.45, 2.75) is 13.8 Å². The Morgan fingerprint density at radius 3 is 2.70 bits per heavy atom. The average Bonchev–Trinajstić information content (AvgIpc) is 2.64. The number of nitrogens with zero attached hydrogens (tertiary/aromatic N) is 3. The third-order valence-electron chi connectivity index (χ3n) is 2.95. The van der Waals surface area contributed by atoms with E-state index in [4.69, 9.17) is 11.6 Å². The summed E-state index contributed by atoms with van der Waals surface area (Å²) in [6, 6.07) is 3.32. The van der Waals surface area contributed by atoms with Crippen LogP contribution in [0.5, 0.6) is 0 Å². The number of halogens is 1. The van der Waals surface area contributed by atoms with Gasteiger partial charge in [-0.05, 0) is 32.1 Å². The minimum absolute atomic E-state index is 0.248. The molecule has 0 bridgehead atoms. The molecule has 0 fully saturated rings. The molecule has 0 aromatic carbocycles. The van der Waals surface area contributed by atoms with E-state index >= 15 is 0 Å². The van der Waals surface area contributed by atoms with Crippen molar-refractivity contribution in [3.63, 3.8) is 0 Å². The maximum Gasteiger partial charge on any atom is 0.249 e. The molecule has 0 radical (unpaired) electrons. The quantitative estimate of drug-likeness (QED) is 0.884. The van der Waals surface area contributed by atoms with Crippen molar-refractivity contribution in [1.82, 2.24) is 14.8 Å². The predicted molar refractivity (Wildman–Crippen MR) is 79.6 cm³/mol. The smallest absolute Gasteiger partial charge is 0.249 e. The Kier molecular flexibility index (Phi) is 4.20. The molecular formula is C14H15ClN4O. The van der Waals surface area contributed by atoms with E-state index in [1.54, 1.807) is 22.9 Å². The van der Waals surface area contributed by atoms with Gasteiger partial charge in [-0.15, -0.1) is 0 Å². The first kappa shape index (κ1) is 14.3. The molecule has 0 aliphatic carbocycles. The highest BCUT2D eigenvalue weighted by atomic mass is 35.5. The Labute approximate surface area is 122 Å². The highest BCUT2D eigenvalue weighted by Crippen LogP contribution is 2.14. The van der Waals surface area contributed by atoms with Crippen molar-refractivity contribution in [1.29, 1.82) is 0 Å². The van der Waals surface area contributed by atoms with E-state index in [1.807, 2.05) is 20.9 Å². The Bertz CT molecular complexity index is 659. The van der Waals surface area contributed by atoms with E-state index in [0.29, 0.717) is 10.8 Å². The molecule has 5 nitrogen and oxygen atoms in total. The summed E-state index contributed by atoms with van der Waals surface area (Å²) in [5, 5.41) is 7.48. The fourth-order valence-electron chi connectivity index (χ4n) is 1.81. The molecule has 0 aliphatic heterocycles. The van der Waals surface area contributed by atoms with Gasteiger partial charge >= 0.3 is 0 Å². The van der Waals surface area contributed by atoms with Crippen LogP contribution in [0, 0.1) is 13.8 Å². The Morgan fingerprint density at radius 2 is 2.15 bits per heavy atom. The van der Waals surface area contributed by atoms with Crippen molar-refractivity contribution in [3.8, 4) is 0 Å². The van der Waals surface area contributed by atoms with Crippen molar-refractivity contribution in [2.24, 2.45) is 7.05 Å². The molecule has 20 heavy (non-hydrogen) atoms. The summed E-state index contributed by atoms with van der Waals surface area (Å²) >= 11 is 5.73. The largest absolute Gasteiger partial charge is 0.307 e. The zero-order valence-corrected chi connectivity index (χ0v) is 12.3. The summed E-state index contributed by atoms with van der Waals surface area (Å²) in [4.78, 5) is 15.8. The predicted octanol–water partition coefficient (Wildman–Crippen LogP) is 2.74. The standard InChI is InChI=1S/C14H15ClN4O/c1-9-12(10(2)19(3)18-9)5-7-14(20)17-13-6-4-11(15)8-16-13/h4-8H,1-3H3,(H,16,17,20)/b7-5+. The number of carbonyl (C=O) groups is 1. The molecule has 1 N–H and O–H groups in total. The maximum atomic E-state index is 11.8. The van der Waals surface area contributed by atoms with Crippen LogP contribution in [0.3, 0.4) is 0 Å². The van der Waals surface area contributed by atoms with Crippen LogP contribution in [0.15, 0.2) is 24.4 Å². The number of nitrogens with one attached hydrogen (secondary N) is 1. The fraction of sp³-hybridized carbons (Fsp3) is 0.214. The second kappa shape index (κ2) is 5.88. The van der Waals surface area contributed by atoms with Gasteiger partial charge < -0.3 is 5.32 Å². The molecule has 2 heterocycles. The third-order valence-corrected chi connectivity index (χ3v) is 3.17. The monoisotopic (exact) mass is 290 g/mol. The fourth-order valence-corrected chi connectivity index (χ4v) is 1.92. The summed E-state index contributed by atoms with van der Waals surface area (Å²) in [6.07, 6.45) is 4.70. The van der Waals surface area contributed by atoms with Gasteiger partial charge in [-0.1, -0.05) is 11.6 Å². The number of hydrogen-bond acceptors (Lipinski definition) is 3. The van der Waals surface area contributed by atoms with Crippen LogP contribution in [-0.4, -0.2) is 20.7 Å². The molecule has 0 saturated carbocycles. The van der Waals surface area contributed by atoms with Gasteiger partial charge in [0.2, 0.25) is 5.91 Å². The molecule has 0 atom stereocenters. The Morgan fingerprint density at radius 1 is 1.40 bits per heavy atom. The summed E-state index contributed by atoms with van der Waals surface area (Å²) in [5.41, 5.74) is 2.85. The van der Waals surface area contributed by atoms with Gasteiger partial charge in [-0.3, -0.25) is 9.48 Å². The minimum atomic E-state index is -0.248. The van der Waals surface area contributed by atoms with Crippen LogP contribution < -0.4 is 5.32 Å². The van der Waals surface area contributed by atoms with E-state index < -0.39 is 0 Å². The zero-order valence-electron chi connectivity index (χ0n) is 11.5. The molecule has 6 heteroatoms. The van der Waals surface area contributed by atoms with Gasteiger partial charge in [0, 0.05) is 30.6 Å². The van der Waals surface area contributed by atoms with Crippen molar-refractivity contribution in [2.75, 3.05) is 5.32 Å². The third kappa shape index (κ3) is 3.24. The maximum absolute atomic E-state index is 11.8. The topological polar surface area (TPSA) is 59.8 Å². The summed E-state index contributed by atoms with van der Waals surface area (Å²) in [7, 11) is 1.87. The van der Waals surface area contributed by atoms with Gasteiger partial charge in [0.25, 0.3) is 0 Å². The molecule has 0 saturated heterocycles. The average molecular weight is 291 g/mol. The zero-order chi connectivity index (χ0) is 14.7. The Hall–Kier alpha value is -2.14. The first-order valence-corrected chi connectivity index (χ1v) is 6.46. The number of amides is 1. The number of anilines is 1. The molecule has 2 aromatic heterocycles. The first-order valence-electron chi connectivity index (χ1n) is 6.08. The lowest BCUT2D eigenvalue weighted by Crippen LogP contribution is -2.08. The molecule has 2 rings (SSSR count). The summed E-state index contributed by atoms with van der Waals surface area (Å²) in [5.74, 6) is 0.214. The van der Waals surface area contributed by atoms with Crippen molar-refractivity contribution in [3.05, 3.63) is 46.4 Å². The summed E-state index contributed by atoms with van der Waals surface area (Å²) in [6.45, 7) is 3.86. The first-order chi connectivity index (χ1) is 9.47.